The normalized spacial score (nSPS) is 9.83. The van der Waals surface area contributed by atoms with Gasteiger partial charge in [0.05, 0.1) is 18.2 Å². The number of benzene rings is 1. The number of nitrogens with one attached hydrogen (secondary N) is 1. The van der Waals surface area contributed by atoms with E-state index in [-0.39, 0.29) is 0 Å². The van der Waals surface area contributed by atoms with Crippen molar-refractivity contribution in [3.05, 3.63) is 35.5 Å². The van der Waals surface area contributed by atoms with E-state index in [2.05, 4.69) is 21.1 Å². The highest BCUT2D eigenvalue weighted by molar-refractivity contribution is 7.10. The molecule has 2 aromatic rings. The molecule has 0 aliphatic rings. The monoisotopic (exact) mass is 260 g/mol. The highest BCUT2D eigenvalue weighted by Crippen LogP contribution is 2.21. The van der Waals surface area contributed by atoms with Crippen LogP contribution in [0.5, 0.6) is 0 Å². The molecule has 0 saturated heterocycles. The molecule has 0 radical (unpaired) electrons. The summed E-state index contributed by atoms with van der Waals surface area (Å²) in [4.78, 5) is 2.01. The summed E-state index contributed by atoms with van der Waals surface area (Å²) in [6.07, 6.45) is 0. The van der Waals surface area contributed by atoms with Gasteiger partial charge in [0.2, 0.25) is 0 Å². The Morgan fingerprint density at radius 3 is 2.78 bits per heavy atom. The number of nitrogens with zero attached hydrogens (tertiary/aromatic N) is 4. The molecule has 2 rings (SSSR count). The lowest BCUT2D eigenvalue weighted by molar-refractivity contribution is 0.872. The van der Waals surface area contributed by atoms with Crippen LogP contribution in [0.15, 0.2) is 24.3 Å². The van der Waals surface area contributed by atoms with Crippen molar-refractivity contribution in [2.24, 2.45) is 5.84 Å². The molecule has 1 aromatic heterocycles. The summed E-state index contributed by atoms with van der Waals surface area (Å²) >= 11 is 1.23. The lowest BCUT2D eigenvalue weighted by Gasteiger charge is -2.18. The summed E-state index contributed by atoms with van der Waals surface area (Å²) < 4.78 is 3.85. The van der Waals surface area contributed by atoms with Crippen LogP contribution in [0.4, 0.5) is 10.7 Å². The van der Waals surface area contributed by atoms with Gasteiger partial charge >= 0.3 is 0 Å². The van der Waals surface area contributed by atoms with E-state index in [0.717, 1.165) is 16.4 Å². The highest BCUT2D eigenvalue weighted by atomic mass is 32.1. The molecule has 0 aliphatic carbocycles. The van der Waals surface area contributed by atoms with E-state index in [1.807, 2.05) is 24.1 Å². The molecule has 7 heteroatoms. The Bertz CT molecular complexity index is 556. The Labute approximate surface area is 109 Å². The maximum atomic E-state index is 8.74. The minimum absolute atomic E-state index is 0.599. The molecule has 6 nitrogen and oxygen atoms in total. The number of aromatic nitrogens is 2. The van der Waals surface area contributed by atoms with Crippen molar-refractivity contribution in [1.29, 1.82) is 5.26 Å². The van der Waals surface area contributed by atoms with Crippen molar-refractivity contribution in [3.63, 3.8) is 0 Å². The summed E-state index contributed by atoms with van der Waals surface area (Å²) in [6, 6.07) is 9.45. The van der Waals surface area contributed by atoms with Crippen molar-refractivity contribution >= 4 is 22.2 Å². The highest BCUT2D eigenvalue weighted by Gasteiger charge is 2.10. The first-order valence-electron chi connectivity index (χ1n) is 5.23. The van der Waals surface area contributed by atoms with Crippen LogP contribution >= 0.6 is 11.5 Å². The number of anilines is 2. The van der Waals surface area contributed by atoms with E-state index in [4.69, 9.17) is 11.1 Å². The summed E-state index contributed by atoms with van der Waals surface area (Å²) in [6.45, 7) is 0.599. The largest absolute Gasteiger partial charge is 0.368 e. The van der Waals surface area contributed by atoms with Gasteiger partial charge in [0.15, 0.2) is 0 Å². The van der Waals surface area contributed by atoms with Crippen LogP contribution in [0, 0.1) is 11.3 Å². The first-order chi connectivity index (χ1) is 8.74. The summed E-state index contributed by atoms with van der Waals surface area (Å²) in [5, 5.41) is 13.5. The number of nitrogen functional groups attached to an aromatic ring is 1. The van der Waals surface area contributed by atoms with Crippen molar-refractivity contribution in [1.82, 2.24) is 9.59 Å². The van der Waals surface area contributed by atoms with Gasteiger partial charge in [-0.25, -0.2) is 5.84 Å². The van der Waals surface area contributed by atoms with E-state index in [1.54, 1.807) is 12.1 Å². The first-order valence-corrected chi connectivity index (χ1v) is 6.01. The van der Waals surface area contributed by atoms with Crippen LogP contribution in [-0.4, -0.2) is 16.6 Å². The third-order valence-corrected chi connectivity index (χ3v) is 3.21. The van der Waals surface area contributed by atoms with Crippen LogP contribution < -0.4 is 16.2 Å². The Kier molecular flexibility index (Phi) is 3.72. The van der Waals surface area contributed by atoms with Gasteiger partial charge in [-0.3, -0.25) is 0 Å². The van der Waals surface area contributed by atoms with Crippen molar-refractivity contribution in [3.8, 4) is 6.07 Å². The lowest BCUT2D eigenvalue weighted by Crippen LogP contribution is -2.18. The Hall–Kier alpha value is -2.17. The molecule has 0 saturated carbocycles. The molecule has 18 heavy (non-hydrogen) atoms. The number of nitriles is 1. The van der Waals surface area contributed by atoms with E-state index in [1.165, 1.54) is 11.5 Å². The molecule has 92 valence electrons. The average molecular weight is 260 g/mol. The molecule has 0 bridgehead atoms. The number of hydrogen-bond acceptors (Lipinski definition) is 7. The molecule has 1 aromatic carbocycles. The summed E-state index contributed by atoms with van der Waals surface area (Å²) in [7, 11) is 1.95. The van der Waals surface area contributed by atoms with Crippen LogP contribution in [0.3, 0.4) is 0 Å². The number of nitrogens with two attached hydrogens (primary N) is 1. The molecular formula is C11H12N6S. The fourth-order valence-corrected chi connectivity index (χ4v) is 2.01. The maximum absolute atomic E-state index is 8.74. The van der Waals surface area contributed by atoms with E-state index in [0.29, 0.717) is 12.1 Å². The quantitative estimate of drug-likeness (QED) is 0.636. The number of hydrogen-bond donors (Lipinski definition) is 2. The second-order valence-corrected chi connectivity index (χ2v) is 4.46. The molecule has 0 unspecified atom stereocenters. The zero-order valence-electron chi connectivity index (χ0n) is 9.79. The Morgan fingerprint density at radius 1 is 1.44 bits per heavy atom. The van der Waals surface area contributed by atoms with Gasteiger partial charge in [-0.05, 0) is 24.3 Å². The van der Waals surface area contributed by atoms with Gasteiger partial charge < -0.3 is 10.3 Å². The molecule has 0 amide bonds. The third kappa shape index (κ3) is 2.56. The van der Waals surface area contributed by atoms with E-state index in [9.17, 15) is 0 Å². The van der Waals surface area contributed by atoms with Crippen molar-refractivity contribution < 1.29 is 0 Å². The van der Waals surface area contributed by atoms with Crippen molar-refractivity contribution in [2.75, 3.05) is 17.4 Å². The molecule has 3 N–H and O–H groups in total. The van der Waals surface area contributed by atoms with Crippen LogP contribution in [0.25, 0.3) is 0 Å². The second-order valence-electron chi connectivity index (χ2n) is 3.71. The van der Waals surface area contributed by atoms with Crippen LogP contribution in [-0.2, 0) is 6.54 Å². The second kappa shape index (κ2) is 5.44. The van der Waals surface area contributed by atoms with Crippen LogP contribution in [0.2, 0.25) is 0 Å². The van der Waals surface area contributed by atoms with Gasteiger partial charge in [-0.15, -0.1) is 5.10 Å². The zero-order chi connectivity index (χ0) is 13.0. The fraction of sp³-hybridized carbons (Fsp3) is 0.182. The first kappa shape index (κ1) is 12.3. The predicted octanol–water partition coefficient (Wildman–Crippen LogP) is 1.33. The van der Waals surface area contributed by atoms with Crippen LogP contribution in [0.1, 0.15) is 11.3 Å². The molecule has 0 aliphatic heterocycles. The number of rotatable bonds is 4. The fourth-order valence-electron chi connectivity index (χ4n) is 1.53. The van der Waals surface area contributed by atoms with Gasteiger partial charge in [-0.1, -0.05) is 4.49 Å². The average Bonchev–Trinajstić information content (AvgIpc) is 2.86. The topological polar surface area (TPSA) is 90.9 Å². The van der Waals surface area contributed by atoms with E-state index < -0.39 is 0 Å². The smallest absolute Gasteiger partial charge is 0.149 e. The van der Waals surface area contributed by atoms with Gasteiger partial charge in [0.1, 0.15) is 10.7 Å². The minimum atomic E-state index is 0.599. The zero-order valence-corrected chi connectivity index (χ0v) is 10.6. The SMILES string of the molecule is CN(Cc1nnsc1NN)c1ccc(C#N)cc1. The van der Waals surface area contributed by atoms with Gasteiger partial charge in [0, 0.05) is 24.3 Å². The standard InChI is InChI=1S/C11H12N6S/c1-17(7-10-11(14-13)18-16-15-10)9-4-2-8(6-12)3-5-9/h2-5,14H,7,13H2,1H3. The van der Waals surface area contributed by atoms with Crippen molar-refractivity contribution in [2.45, 2.75) is 6.54 Å². The predicted molar refractivity (Wildman–Crippen MR) is 71.0 cm³/mol. The Balaban J connectivity index is 2.12. The maximum Gasteiger partial charge on any atom is 0.149 e. The Morgan fingerprint density at radius 2 is 2.17 bits per heavy atom. The molecule has 0 fully saturated rings. The lowest BCUT2D eigenvalue weighted by atomic mass is 10.2. The van der Waals surface area contributed by atoms with E-state index >= 15 is 0 Å². The molecule has 0 atom stereocenters. The third-order valence-electron chi connectivity index (χ3n) is 2.51. The number of hydrazine groups is 1. The summed E-state index contributed by atoms with van der Waals surface area (Å²) in [5.41, 5.74) is 5.02. The van der Waals surface area contributed by atoms with Gasteiger partial charge in [-0.2, -0.15) is 5.26 Å². The summed E-state index contributed by atoms with van der Waals surface area (Å²) in [5.74, 6) is 5.37. The molecule has 1 heterocycles. The van der Waals surface area contributed by atoms with Gasteiger partial charge in [0.25, 0.3) is 0 Å². The minimum Gasteiger partial charge on any atom is -0.368 e. The molecule has 0 spiro atoms. The molecular weight excluding hydrogens is 248 g/mol.